The van der Waals surface area contributed by atoms with E-state index in [2.05, 4.69) is 24.6 Å². The second-order valence-corrected chi connectivity index (χ2v) is 5.11. The van der Waals surface area contributed by atoms with Gasteiger partial charge in [0.2, 0.25) is 5.91 Å². The molecule has 0 spiro atoms. The minimum atomic E-state index is 0.0574. The van der Waals surface area contributed by atoms with Gasteiger partial charge < -0.3 is 10.7 Å². The molecule has 18 heavy (non-hydrogen) atoms. The van der Waals surface area contributed by atoms with Crippen LogP contribution in [0.2, 0.25) is 0 Å². The molecule has 0 saturated heterocycles. The lowest BCUT2D eigenvalue weighted by molar-refractivity contribution is -0.117. The van der Waals surface area contributed by atoms with Crippen LogP contribution in [0.5, 0.6) is 0 Å². The Balaban J connectivity index is 2.73. The van der Waals surface area contributed by atoms with Crippen molar-refractivity contribution in [3.05, 3.63) is 11.3 Å². The van der Waals surface area contributed by atoms with Gasteiger partial charge in [0.1, 0.15) is 0 Å². The van der Waals surface area contributed by atoms with Gasteiger partial charge in [0, 0.05) is 17.8 Å². The van der Waals surface area contributed by atoms with Gasteiger partial charge in [-0.25, -0.2) is 0 Å². The van der Waals surface area contributed by atoms with Crippen molar-refractivity contribution in [2.75, 3.05) is 6.54 Å². The molecule has 1 rings (SSSR count). The number of rotatable bonds is 6. The summed E-state index contributed by atoms with van der Waals surface area (Å²) in [6.07, 6.45) is 7.42. The maximum Gasteiger partial charge on any atom is 0.248 e. The maximum absolute atomic E-state index is 12.1. The van der Waals surface area contributed by atoms with Gasteiger partial charge in [0.25, 0.3) is 0 Å². The molecular weight excluding hydrogens is 226 g/mol. The van der Waals surface area contributed by atoms with E-state index >= 15 is 0 Å². The van der Waals surface area contributed by atoms with Crippen molar-refractivity contribution in [3.8, 4) is 0 Å². The molecule has 0 aromatic rings. The zero-order valence-electron chi connectivity index (χ0n) is 11.7. The average molecular weight is 253 g/mol. The molecule has 1 atom stereocenters. The Morgan fingerprint density at radius 1 is 1.39 bits per heavy atom. The number of allylic oxidation sites excluding steroid dienone is 1. The van der Waals surface area contributed by atoms with Crippen molar-refractivity contribution in [3.63, 3.8) is 0 Å². The smallest absolute Gasteiger partial charge is 0.248 e. The molecule has 4 nitrogen and oxygen atoms in total. The van der Waals surface area contributed by atoms with Gasteiger partial charge in [-0.05, 0) is 38.0 Å². The molecule has 1 aliphatic carbocycles. The van der Waals surface area contributed by atoms with Gasteiger partial charge >= 0.3 is 0 Å². The van der Waals surface area contributed by atoms with Crippen LogP contribution in [-0.2, 0) is 4.79 Å². The first-order valence-corrected chi connectivity index (χ1v) is 7.19. The predicted octanol–water partition coefficient (Wildman–Crippen LogP) is 2.22. The summed E-state index contributed by atoms with van der Waals surface area (Å²) >= 11 is 0. The Kier molecular flexibility index (Phi) is 6.80. The van der Waals surface area contributed by atoms with Gasteiger partial charge in [-0.15, -0.1) is 0 Å². The highest BCUT2D eigenvalue weighted by molar-refractivity contribution is 5.94. The zero-order valence-corrected chi connectivity index (χ0v) is 11.7. The fourth-order valence-electron chi connectivity index (χ4n) is 2.63. The van der Waals surface area contributed by atoms with E-state index in [1.54, 1.807) is 0 Å². The van der Waals surface area contributed by atoms with E-state index in [4.69, 9.17) is 5.84 Å². The second-order valence-electron chi connectivity index (χ2n) is 5.11. The Labute approximate surface area is 110 Å². The molecule has 0 bridgehead atoms. The zero-order chi connectivity index (χ0) is 13.4. The minimum absolute atomic E-state index is 0.0574. The van der Waals surface area contributed by atoms with E-state index in [1.165, 1.54) is 19.3 Å². The quantitative estimate of drug-likeness (QED) is 0.502. The van der Waals surface area contributed by atoms with Crippen molar-refractivity contribution in [1.82, 2.24) is 10.7 Å². The summed E-state index contributed by atoms with van der Waals surface area (Å²) in [5.41, 5.74) is 4.57. The molecule has 0 radical (unpaired) electrons. The summed E-state index contributed by atoms with van der Waals surface area (Å²) < 4.78 is 0. The minimum Gasteiger partial charge on any atom is -0.352 e. The van der Waals surface area contributed by atoms with Gasteiger partial charge in [-0.1, -0.05) is 26.7 Å². The topological polar surface area (TPSA) is 67.2 Å². The lowest BCUT2D eigenvalue weighted by atomic mass is 9.95. The fourth-order valence-corrected chi connectivity index (χ4v) is 2.63. The number of amides is 1. The number of hydrogen-bond donors (Lipinski definition) is 3. The molecular formula is C14H27N3O. The summed E-state index contributed by atoms with van der Waals surface area (Å²) in [4.78, 5) is 12.1. The van der Waals surface area contributed by atoms with Crippen LogP contribution in [0.4, 0.5) is 0 Å². The van der Waals surface area contributed by atoms with Crippen LogP contribution in [0.25, 0.3) is 0 Å². The highest BCUT2D eigenvalue weighted by atomic mass is 16.1. The highest BCUT2D eigenvalue weighted by Gasteiger charge is 2.21. The highest BCUT2D eigenvalue weighted by Crippen LogP contribution is 2.29. The number of carbonyl (C=O) groups is 1. The molecule has 0 saturated carbocycles. The molecule has 1 aliphatic rings. The SMILES string of the molecule is CCCNC(=O)C1=C(NN)C[C@H](CCC)CCC1. The van der Waals surface area contributed by atoms with Crippen molar-refractivity contribution in [1.29, 1.82) is 0 Å². The van der Waals surface area contributed by atoms with Crippen LogP contribution in [0.1, 0.15) is 58.8 Å². The summed E-state index contributed by atoms with van der Waals surface area (Å²) in [5.74, 6) is 6.32. The first kappa shape index (κ1) is 15.0. The Morgan fingerprint density at radius 3 is 2.78 bits per heavy atom. The lowest BCUT2D eigenvalue weighted by Gasteiger charge is -2.16. The lowest BCUT2D eigenvalue weighted by Crippen LogP contribution is -2.31. The van der Waals surface area contributed by atoms with Crippen LogP contribution in [0.3, 0.4) is 0 Å². The summed E-state index contributed by atoms with van der Waals surface area (Å²) in [6.45, 7) is 5.00. The summed E-state index contributed by atoms with van der Waals surface area (Å²) in [5, 5.41) is 2.95. The summed E-state index contributed by atoms with van der Waals surface area (Å²) in [7, 11) is 0. The van der Waals surface area contributed by atoms with E-state index < -0.39 is 0 Å². The first-order valence-electron chi connectivity index (χ1n) is 7.19. The van der Waals surface area contributed by atoms with Crippen molar-refractivity contribution >= 4 is 5.91 Å². The van der Waals surface area contributed by atoms with Crippen LogP contribution >= 0.6 is 0 Å². The molecule has 4 heteroatoms. The average Bonchev–Trinajstić information content (AvgIpc) is 2.58. The molecule has 0 aromatic heterocycles. The van der Waals surface area contributed by atoms with E-state index in [1.807, 2.05) is 0 Å². The van der Waals surface area contributed by atoms with Crippen LogP contribution in [0.15, 0.2) is 11.3 Å². The molecule has 0 unspecified atom stereocenters. The van der Waals surface area contributed by atoms with Crippen molar-refractivity contribution in [2.24, 2.45) is 11.8 Å². The standard InChI is InChI=1S/C14H27N3O/c1-3-6-11-7-5-8-12(13(10-11)17-15)14(18)16-9-4-2/h11,17H,3-10,15H2,1-2H3,(H,16,18)/t11-/m1/s1. The van der Waals surface area contributed by atoms with Crippen LogP contribution < -0.4 is 16.6 Å². The third kappa shape index (κ3) is 4.33. The molecule has 0 fully saturated rings. The van der Waals surface area contributed by atoms with E-state index in [-0.39, 0.29) is 5.91 Å². The van der Waals surface area contributed by atoms with Crippen LogP contribution in [0, 0.1) is 5.92 Å². The van der Waals surface area contributed by atoms with Crippen molar-refractivity contribution < 1.29 is 4.79 Å². The molecule has 4 N–H and O–H groups in total. The number of hydrogen-bond acceptors (Lipinski definition) is 3. The van der Waals surface area contributed by atoms with Crippen LogP contribution in [-0.4, -0.2) is 12.5 Å². The largest absolute Gasteiger partial charge is 0.352 e. The van der Waals surface area contributed by atoms with Gasteiger partial charge in [-0.2, -0.15) is 0 Å². The molecule has 0 aliphatic heterocycles. The Hall–Kier alpha value is -1.03. The molecule has 104 valence electrons. The third-order valence-electron chi connectivity index (χ3n) is 3.58. The van der Waals surface area contributed by atoms with E-state index in [9.17, 15) is 4.79 Å². The van der Waals surface area contributed by atoms with Gasteiger partial charge in [-0.3, -0.25) is 10.6 Å². The molecule has 0 heterocycles. The number of nitrogens with one attached hydrogen (secondary N) is 2. The van der Waals surface area contributed by atoms with Gasteiger partial charge in [0.05, 0.1) is 0 Å². The first-order chi connectivity index (χ1) is 8.72. The van der Waals surface area contributed by atoms with Gasteiger partial charge in [0.15, 0.2) is 0 Å². The van der Waals surface area contributed by atoms with Crippen molar-refractivity contribution in [2.45, 2.75) is 58.8 Å². The predicted molar refractivity (Wildman–Crippen MR) is 74.5 cm³/mol. The molecule has 0 aromatic carbocycles. The Bertz CT molecular complexity index is 299. The second kappa shape index (κ2) is 8.14. The third-order valence-corrected chi connectivity index (χ3v) is 3.58. The van der Waals surface area contributed by atoms with E-state index in [0.29, 0.717) is 5.92 Å². The normalized spacial score (nSPS) is 20.5. The summed E-state index contributed by atoms with van der Waals surface area (Å²) in [6, 6.07) is 0. The fraction of sp³-hybridized carbons (Fsp3) is 0.786. The number of carbonyl (C=O) groups excluding carboxylic acids is 1. The molecule has 1 amide bonds. The van der Waals surface area contributed by atoms with E-state index in [0.717, 1.165) is 43.5 Å². The number of hydrazine groups is 1. The monoisotopic (exact) mass is 253 g/mol. The number of nitrogens with two attached hydrogens (primary N) is 1. The Morgan fingerprint density at radius 2 is 2.17 bits per heavy atom. The maximum atomic E-state index is 12.1.